The second-order valence-electron chi connectivity index (χ2n) is 8.01. The molecule has 2 heterocycles. The molecule has 2 aromatic heterocycles. The van der Waals surface area contributed by atoms with E-state index in [2.05, 4.69) is 20.4 Å². The minimum absolute atomic E-state index is 0.0282. The smallest absolute Gasteiger partial charge is 0.253 e. The molecule has 0 saturated heterocycles. The number of rotatable bonds is 5. The van der Waals surface area contributed by atoms with Gasteiger partial charge in [0.25, 0.3) is 5.78 Å². The van der Waals surface area contributed by atoms with Gasteiger partial charge in [-0.2, -0.15) is 4.98 Å². The lowest BCUT2D eigenvalue weighted by Crippen LogP contribution is -2.27. The van der Waals surface area contributed by atoms with E-state index in [-0.39, 0.29) is 17.4 Å². The Balaban J connectivity index is 1.66. The molecular formula is C21H25N5O2S. The molecule has 0 bridgehead atoms. The van der Waals surface area contributed by atoms with Crippen LogP contribution in [0.15, 0.2) is 29.4 Å². The number of hydrogen-bond acceptors (Lipinski definition) is 6. The van der Waals surface area contributed by atoms with Gasteiger partial charge in [-0.05, 0) is 50.6 Å². The van der Waals surface area contributed by atoms with Gasteiger partial charge in [-0.15, -0.1) is 5.10 Å². The largest absolute Gasteiger partial charge is 0.326 e. The molecule has 0 aliphatic rings. The van der Waals surface area contributed by atoms with Crippen LogP contribution < -0.4 is 5.32 Å². The number of hydrogen-bond donors (Lipinski definition) is 1. The molecule has 1 aromatic carbocycles. The van der Waals surface area contributed by atoms with Crippen LogP contribution in [0.25, 0.3) is 5.78 Å². The molecule has 0 spiro atoms. The molecule has 0 atom stereocenters. The Labute approximate surface area is 174 Å². The number of anilines is 1. The number of nitrogens with zero attached hydrogens (tertiary/aromatic N) is 4. The Morgan fingerprint density at radius 3 is 2.34 bits per heavy atom. The lowest BCUT2D eigenvalue weighted by Gasteiger charge is -2.17. The van der Waals surface area contributed by atoms with Crippen molar-refractivity contribution in [1.29, 1.82) is 0 Å². The average Bonchev–Trinajstić information content (AvgIpc) is 3.07. The average molecular weight is 412 g/mol. The lowest BCUT2D eigenvalue weighted by molar-refractivity contribution is -0.123. The fourth-order valence-electron chi connectivity index (χ4n) is 2.57. The third-order valence-electron chi connectivity index (χ3n) is 4.72. The molecule has 0 aliphatic heterocycles. The highest BCUT2D eigenvalue weighted by Gasteiger charge is 2.21. The van der Waals surface area contributed by atoms with E-state index < -0.39 is 5.41 Å². The molecule has 7 nitrogen and oxygen atoms in total. The van der Waals surface area contributed by atoms with Crippen molar-refractivity contribution in [1.82, 2.24) is 19.6 Å². The first kappa shape index (κ1) is 21.0. The first-order chi connectivity index (χ1) is 13.6. The van der Waals surface area contributed by atoms with Crippen molar-refractivity contribution in [2.75, 3.05) is 11.1 Å². The van der Waals surface area contributed by atoms with Crippen molar-refractivity contribution < 1.29 is 9.59 Å². The van der Waals surface area contributed by atoms with Crippen molar-refractivity contribution in [3.8, 4) is 0 Å². The van der Waals surface area contributed by atoms with Crippen LogP contribution >= 0.6 is 11.8 Å². The van der Waals surface area contributed by atoms with Crippen molar-refractivity contribution >= 4 is 34.9 Å². The number of thioether (sulfide) groups is 1. The van der Waals surface area contributed by atoms with Gasteiger partial charge < -0.3 is 5.32 Å². The third-order valence-corrected chi connectivity index (χ3v) is 5.56. The van der Waals surface area contributed by atoms with E-state index in [0.29, 0.717) is 22.2 Å². The Hall–Kier alpha value is -2.74. The number of fused-ring (bicyclic) bond motifs is 1. The van der Waals surface area contributed by atoms with Gasteiger partial charge in [-0.1, -0.05) is 32.5 Å². The minimum Gasteiger partial charge on any atom is -0.326 e. The Bertz CT molecular complexity index is 1080. The number of amides is 1. The normalized spacial score (nSPS) is 11.7. The van der Waals surface area contributed by atoms with E-state index >= 15 is 0 Å². The Morgan fingerprint density at radius 1 is 1.07 bits per heavy atom. The molecule has 1 N–H and O–H groups in total. The number of aromatic nitrogens is 4. The summed E-state index contributed by atoms with van der Waals surface area (Å²) in [5.41, 5.74) is 3.77. The summed E-state index contributed by atoms with van der Waals surface area (Å²) >= 11 is 1.29. The van der Waals surface area contributed by atoms with Crippen molar-refractivity contribution in [3.63, 3.8) is 0 Å². The van der Waals surface area contributed by atoms with E-state index in [9.17, 15) is 9.59 Å². The van der Waals surface area contributed by atoms with Gasteiger partial charge in [-0.3, -0.25) is 9.59 Å². The zero-order chi connectivity index (χ0) is 21.3. The molecular weight excluding hydrogens is 386 g/mol. The summed E-state index contributed by atoms with van der Waals surface area (Å²) in [4.78, 5) is 33.4. The van der Waals surface area contributed by atoms with Crippen LogP contribution in [0.2, 0.25) is 0 Å². The molecule has 152 valence electrons. The van der Waals surface area contributed by atoms with Crippen LogP contribution in [0, 0.1) is 26.2 Å². The van der Waals surface area contributed by atoms with E-state index in [1.165, 1.54) is 11.8 Å². The first-order valence-corrected chi connectivity index (χ1v) is 10.3. The minimum atomic E-state index is -0.476. The van der Waals surface area contributed by atoms with Crippen molar-refractivity contribution in [2.24, 2.45) is 5.41 Å². The molecule has 8 heteroatoms. The zero-order valence-electron chi connectivity index (χ0n) is 17.5. The lowest BCUT2D eigenvalue weighted by atomic mass is 9.95. The highest BCUT2D eigenvalue weighted by molar-refractivity contribution is 7.99. The molecule has 3 aromatic rings. The maximum absolute atomic E-state index is 12.5. The third kappa shape index (κ3) is 4.64. The second kappa shape index (κ2) is 7.94. The standard InChI is InChI=1S/C21H25N5O2S/c1-12-13(2)22-19-24-20(25-26(19)14(12)3)29-11-17(27)15-7-9-16(10-8-15)23-18(28)21(4,5)6/h7-10H,11H2,1-6H3,(H,23,28). The van der Waals surface area contributed by atoms with Crippen molar-refractivity contribution in [3.05, 3.63) is 46.8 Å². The van der Waals surface area contributed by atoms with E-state index in [4.69, 9.17) is 0 Å². The summed E-state index contributed by atoms with van der Waals surface area (Å²) in [6.45, 7) is 11.5. The zero-order valence-corrected chi connectivity index (χ0v) is 18.3. The molecule has 0 saturated carbocycles. The molecule has 29 heavy (non-hydrogen) atoms. The van der Waals surface area contributed by atoms with Gasteiger partial charge in [0.05, 0.1) is 5.75 Å². The topological polar surface area (TPSA) is 89.2 Å². The molecule has 0 fully saturated rings. The predicted molar refractivity (Wildman–Crippen MR) is 115 cm³/mol. The first-order valence-electron chi connectivity index (χ1n) is 9.34. The van der Waals surface area contributed by atoms with E-state index in [1.54, 1.807) is 28.8 Å². The van der Waals surface area contributed by atoms with Gasteiger partial charge in [0.15, 0.2) is 5.78 Å². The van der Waals surface area contributed by atoms with Crippen molar-refractivity contribution in [2.45, 2.75) is 46.7 Å². The summed E-state index contributed by atoms with van der Waals surface area (Å²) in [7, 11) is 0. The van der Waals surface area contributed by atoms with Crippen LogP contribution in [-0.2, 0) is 4.79 Å². The quantitative estimate of drug-likeness (QED) is 0.504. The van der Waals surface area contributed by atoms with Gasteiger partial charge >= 0.3 is 0 Å². The number of carbonyl (C=O) groups excluding carboxylic acids is 2. The van der Waals surface area contributed by atoms with Crippen LogP contribution in [0.5, 0.6) is 0 Å². The van der Waals surface area contributed by atoms with Gasteiger partial charge in [0.2, 0.25) is 11.1 Å². The molecule has 3 rings (SSSR count). The van der Waals surface area contributed by atoms with E-state index in [1.807, 2.05) is 41.5 Å². The van der Waals surface area contributed by atoms with Crippen LogP contribution in [-0.4, -0.2) is 37.0 Å². The molecule has 1 amide bonds. The number of Topliss-reactive ketones (excluding diaryl/α,β-unsaturated/α-hetero) is 1. The fraction of sp³-hybridized carbons (Fsp3) is 0.381. The number of carbonyl (C=O) groups is 2. The number of nitrogens with one attached hydrogen (secondary N) is 1. The predicted octanol–water partition coefficient (Wildman–Crippen LogP) is 4.01. The van der Waals surface area contributed by atoms with Gasteiger partial charge in [-0.25, -0.2) is 9.50 Å². The summed E-state index contributed by atoms with van der Waals surface area (Å²) in [6.07, 6.45) is 0. The Kier molecular flexibility index (Phi) is 5.75. The Morgan fingerprint density at radius 2 is 1.72 bits per heavy atom. The number of ketones is 1. The number of aryl methyl sites for hydroxylation is 2. The maximum Gasteiger partial charge on any atom is 0.253 e. The summed E-state index contributed by atoms with van der Waals surface area (Å²) in [5, 5.41) is 7.83. The highest BCUT2D eigenvalue weighted by Crippen LogP contribution is 2.21. The van der Waals surface area contributed by atoms with Crippen LogP contribution in [0.1, 0.15) is 48.1 Å². The van der Waals surface area contributed by atoms with Crippen LogP contribution in [0.3, 0.4) is 0 Å². The fourth-order valence-corrected chi connectivity index (χ4v) is 3.28. The molecule has 0 aliphatic carbocycles. The molecule has 0 unspecified atom stereocenters. The van der Waals surface area contributed by atoms with E-state index in [0.717, 1.165) is 17.0 Å². The number of benzene rings is 1. The SMILES string of the molecule is Cc1nc2nc(SCC(=O)c3ccc(NC(=O)C(C)(C)C)cc3)nn2c(C)c1C. The highest BCUT2D eigenvalue weighted by atomic mass is 32.2. The van der Waals surface area contributed by atoms with Gasteiger partial charge in [0, 0.05) is 28.1 Å². The molecule has 0 radical (unpaired) electrons. The van der Waals surface area contributed by atoms with Crippen LogP contribution in [0.4, 0.5) is 5.69 Å². The second-order valence-corrected chi connectivity index (χ2v) is 8.95. The van der Waals surface area contributed by atoms with Gasteiger partial charge in [0.1, 0.15) is 0 Å². The summed E-state index contributed by atoms with van der Waals surface area (Å²) in [5.74, 6) is 0.667. The summed E-state index contributed by atoms with van der Waals surface area (Å²) < 4.78 is 1.71. The summed E-state index contributed by atoms with van der Waals surface area (Å²) in [6, 6.07) is 6.92. The monoisotopic (exact) mass is 411 g/mol. The maximum atomic E-state index is 12.5.